The maximum atomic E-state index is 5.61. The third-order valence-electron chi connectivity index (χ3n) is 3.03. The molecule has 0 spiro atoms. The van der Waals surface area contributed by atoms with E-state index in [0.29, 0.717) is 0 Å². The second-order valence-corrected chi connectivity index (χ2v) is 4.47. The van der Waals surface area contributed by atoms with Gasteiger partial charge in [0.05, 0.1) is 0 Å². The minimum absolute atomic E-state index is 0.825. The molecule has 0 aromatic heterocycles. The van der Waals surface area contributed by atoms with Gasteiger partial charge >= 0.3 is 0 Å². The summed E-state index contributed by atoms with van der Waals surface area (Å²) in [7, 11) is 0. The number of rotatable bonds is 9. The van der Waals surface area contributed by atoms with E-state index in [9.17, 15) is 0 Å². The van der Waals surface area contributed by atoms with E-state index >= 15 is 0 Å². The third-order valence-corrected chi connectivity index (χ3v) is 3.03. The lowest BCUT2D eigenvalue weighted by molar-refractivity contribution is 0.264. The Balaban J connectivity index is 1.96. The highest BCUT2D eigenvalue weighted by Gasteiger charge is 2.27. The smallest absolute Gasteiger partial charge is 0.0108 e. The lowest BCUT2D eigenvalue weighted by Crippen LogP contribution is -2.32. The van der Waals surface area contributed by atoms with Crippen molar-refractivity contribution in [3.63, 3.8) is 0 Å². The second kappa shape index (κ2) is 7.24. The van der Waals surface area contributed by atoms with Gasteiger partial charge in [-0.25, -0.2) is 0 Å². The zero-order valence-electron chi connectivity index (χ0n) is 9.67. The van der Waals surface area contributed by atoms with E-state index in [1.54, 1.807) is 0 Å². The normalized spacial score (nSPS) is 16.5. The maximum absolute atomic E-state index is 5.61. The molecule has 2 nitrogen and oxygen atoms in total. The third kappa shape index (κ3) is 4.97. The zero-order valence-corrected chi connectivity index (χ0v) is 9.67. The molecule has 0 aromatic rings. The summed E-state index contributed by atoms with van der Waals surface area (Å²) < 4.78 is 0. The molecular weight excluding hydrogens is 172 g/mol. The summed E-state index contributed by atoms with van der Waals surface area (Å²) in [6.45, 7) is 5.49. The van der Waals surface area contributed by atoms with Crippen LogP contribution >= 0.6 is 0 Å². The van der Waals surface area contributed by atoms with Gasteiger partial charge in [0.25, 0.3) is 0 Å². The van der Waals surface area contributed by atoms with E-state index in [1.165, 1.54) is 51.5 Å². The first-order chi connectivity index (χ1) is 6.88. The highest BCUT2D eigenvalue weighted by molar-refractivity contribution is 4.84. The standard InChI is InChI=1S/C12H26N2/c1-2-3-4-5-6-10-14(11-9-13)12-7-8-12/h12H,2-11,13H2,1H3. The molecule has 0 atom stereocenters. The van der Waals surface area contributed by atoms with Crippen LogP contribution in [0.1, 0.15) is 51.9 Å². The van der Waals surface area contributed by atoms with Crippen molar-refractivity contribution in [3.05, 3.63) is 0 Å². The summed E-state index contributed by atoms with van der Waals surface area (Å²) >= 11 is 0. The van der Waals surface area contributed by atoms with E-state index in [-0.39, 0.29) is 0 Å². The van der Waals surface area contributed by atoms with Gasteiger partial charge in [-0.05, 0) is 25.8 Å². The van der Waals surface area contributed by atoms with Gasteiger partial charge in [-0.2, -0.15) is 0 Å². The van der Waals surface area contributed by atoms with Crippen LogP contribution in [0.25, 0.3) is 0 Å². The van der Waals surface area contributed by atoms with Gasteiger partial charge in [0.1, 0.15) is 0 Å². The van der Waals surface area contributed by atoms with Gasteiger partial charge in [-0.3, -0.25) is 4.90 Å². The fraction of sp³-hybridized carbons (Fsp3) is 1.00. The van der Waals surface area contributed by atoms with Gasteiger partial charge in [0.15, 0.2) is 0 Å². The van der Waals surface area contributed by atoms with E-state index in [4.69, 9.17) is 5.73 Å². The summed E-state index contributed by atoms with van der Waals surface area (Å²) in [5.74, 6) is 0. The molecule has 1 aliphatic rings. The molecule has 2 N–H and O–H groups in total. The van der Waals surface area contributed by atoms with Crippen molar-refractivity contribution in [2.75, 3.05) is 19.6 Å². The predicted octanol–water partition coefficient (Wildman–Crippen LogP) is 2.38. The molecule has 0 radical (unpaired) electrons. The van der Waals surface area contributed by atoms with Crippen LogP contribution in [0.5, 0.6) is 0 Å². The van der Waals surface area contributed by atoms with Crippen molar-refractivity contribution in [3.8, 4) is 0 Å². The second-order valence-electron chi connectivity index (χ2n) is 4.47. The highest BCUT2D eigenvalue weighted by atomic mass is 15.2. The van der Waals surface area contributed by atoms with Crippen LogP contribution in [0.3, 0.4) is 0 Å². The first-order valence-electron chi connectivity index (χ1n) is 6.32. The molecule has 1 rings (SSSR count). The van der Waals surface area contributed by atoms with Gasteiger partial charge < -0.3 is 5.73 Å². The van der Waals surface area contributed by atoms with Crippen molar-refractivity contribution in [2.24, 2.45) is 5.73 Å². The van der Waals surface area contributed by atoms with Crippen LogP contribution in [-0.4, -0.2) is 30.6 Å². The molecule has 0 aliphatic heterocycles. The molecule has 1 saturated carbocycles. The Hall–Kier alpha value is -0.0800. The molecule has 84 valence electrons. The van der Waals surface area contributed by atoms with Crippen molar-refractivity contribution >= 4 is 0 Å². The van der Waals surface area contributed by atoms with E-state index in [2.05, 4.69) is 11.8 Å². The number of hydrogen-bond acceptors (Lipinski definition) is 2. The largest absolute Gasteiger partial charge is 0.329 e. The van der Waals surface area contributed by atoms with Gasteiger partial charge in [-0.1, -0.05) is 32.6 Å². The van der Waals surface area contributed by atoms with Gasteiger partial charge in [0.2, 0.25) is 0 Å². The number of unbranched alkanes of at least 4 members (excludes halogenated alkanes) is 4. The molecule has 0 bridgehead atoms. The molecule has 1 fully saturated rings. The number of nitrogens with zero attached hydrogens (tertiary/aromatic N) is 1. The summed E-state index contributed by atoms with van der Waals surface area (Å²) in [6.07, 6.45) is 9.76. The SMILES string of the molecule is CCCCCCCN(CCN)C1CC1. The van der Waals surface area contributed by atoms with Crippen LogP contribution < -0.4 is 5.73 Å². The minimum atomic E-state index is 0.825. The summed E-state index contributed by atoms with van der Waals surface area (Å²) in [5.41, 5.74) is 5.61. The van der Waals surface area contributed by atoms with Gasteiger partial charge in [-0.15, -0.1) is 0 Å². The predicted molar refractivity (Wildman–Crippen MR) is 62.4 cm³/mol. The van der Waals surface area contributed by atoms with Crippen LogP contribution in [0.15, 0.2) is 0 Å². The summed E-state index contributed by atoms with van der Waals surface area (Å²) in [4.78, 5) is 2.59. The molecule has 2 heteroatoms. The number of hydrogen-bond donors (Lipinski definition) is 1. The van der Waals surface area contributed by atoms with E-state index in [1.807, 2.05) is 0 Å². The van der Waals surface area contributed by atoms with Crippen LogP contribution in [0.2, 0.25) is 0 Å². The van der Waals surface area contributed by atoms with Gasteiger partial charge in [0, 0.05) is 19.1 Å². The van der Waals surface area contributed by atoms with Crippen LogP contribution in [0.4, 0.5) is 0 Å². The quantitative estimate of drug-likeness (QED) is 0.576. The molecule has 1 aliphatic carbocycles. The molecule has 0 aromatic carbocycles. The molecular formula is C12H26N2. The van der Waals surface area contributed by atoms with E-state index in [0.717, 1.165) is 19.1 Å². The molecule has 0 saturated heterocycles. The van der Waals surface area contributed by atoms with Crippen molar-refractivity contribution < 1.29 is 0 Å². The maximum Gasteiger partial charge on any atom is 0.0108 e. The first kappa shape index (κ1) is 12.0. The lowest BCUT2D eigenvalue weighted by Gasteiger charge is -2.20. The Bertz CT molecular complexity index is 132. The zero-order chi connectivity index (χ0) is 10.2. The van der Waals surface area contributed by atoms with E-state index < -0.39 is 0 Å². The Kier molecular flexibility index (Phi) is 6.20. The Morgan fingerprint density at radius 3 is 2.36 bits per heavy atom. The molecule has 14 heavy (non-hydrogen) atoms. The van der Waals surface area contributed by atoms with Crippen LogP contribution in [0, 0.1) is 0 Å². The number of nitrogens with two attached hydrogens (primary N) is 1. The fourth-order valence-electron chi connectivity index (χ4n) is 2.00. The van der Waals surface area contributed by atoms with Crippen molar-refractivity contribution in [1.29, 1.82) is 0 Å². The van der Waals surface area contributed by atoms with Crippen LogP contribution in [-0.2, 0) is 0 Å². The summed E-state index contributed by atoms with van der Waals surface area (Å²) in [5, 5.41) is 0. The van der Waals surface area contributed by atoms with Crippen molar-refractivity contribution in [1.82, 2.24) is 4.90 Å². The average molecular weight is 198 g/mol. The molecule has 0 unspecified atom stereocenters. The first-order valence-corrected chi connectivity index (χ1v) is 6.32. The Labute approximate surface area is 88.8 Å². The topological polar surface area (TPSA) is 29.3 Å². The van der Waals surface area contributed by atoms with Crippen molar-refractivity contribution in [2.45, 2.75) is 57.9 Å². The Morgan fingerprint density at radius 1 is 1.07 bits per heavy atom. The minimum Gasteiger partial charge on any atom is -0.329 e. The molecule has 0 amide bonds. The molecule has 0 heterocycles. The lowest BCUT2D eigenvalue weighted by atomic mass is 10.1. The summed E-state index contributed by atoms with van der Waals surface area (Å²) in [6, 6.07) is 0.893. The fourth-order valence-corrected chi connectivity index (χ4v) is 2.00. The average Bonchev–Trinajstić information content (AvgIpc) is 2.99. The highest BCUT2D eigenvalue weighted by Crippen LogP contribution is 2.26. The monoisotopic (exact) mass is 198 g/mol. The Morgan fingerprint density at radius 2 is 1.79 bits per heavy atom.